The molecule has 2 aliphatic heterocycles. The zero-order valence-corrected chi connectivity index (χ0v) is 19.8. The molecule has 6 bridgehead atoms. The minimum atomic E-state index is -2.36. The zero-order chi connectivity index (χ0) is 24.9. The first kappa shape index (κ1) is 22.7. The number of hydrogen-bond acceptors (Lipinski definition) is 8. The van der Waals surface area contributed by atoms with Crippen LogP contribution in [0.1, 0.15) is 57.4 Å². The molecule has 1 spiro atoms. The number of esters is 1. The molecule has 34 heavy (non-hydrogen) atoms. The third-order valence-corrected chi connectivity index (χ3v) is 10.7. The zero-order valence-electron chi connectivity index (χ0n) is 19.8. The Morgan fingerprint density at radius 1 is 1.26 bits per heavy atom. The average Bonchev–Trinajstić information content (AvgIpc) is 3.38. The number of aromatic amines is 1. The van der Waals surface area contributed by atoms with Gasteiger partial charge in [0.1, 0.15) is 34.7 Å². The van der Waals surface area contributed by atoms with Gasteiger partial charge in [0.2, 0.25) is 0 Å². The van der Waals surface area contributed by atoms with E-state index in [1.165, 1.54) is 0 Å². The summed E-state index contributed by atoms with van der Waals surface area (Å²) in [6, 6.07) is 3.18. The van der Waals surface area contributed by atoms with Crippen molar-refractivity contribution in [3.05, 3.63) is 36.2 Å². The van der Waals surface area contributed by atoms with Crippen molar-refractivity contribution >= 4 is 5.97 Å². The topological polar surface area (TPSA) is 152 Å². The highest BCUT2D eigenvalue weighted by molar-refractivity contribution is 5.87. The van der Waals surface area contributed by atoms with Crippen LogP contribution in [0.4, 0.5) is 0 Å². The first-order chi connectivity index (χ1) is 15.6. The molecule has 0 aromatic carbocycles. The van der Waals surface area contributed by atoms with E-state index in [2.05, 4.69) is 11.6 Å². The number of carbonyl (C=O) groups excluding carboxylic acids is 1. The van der Waals surface area contributed by atoms with Gasteiger partial charge >= 0.3 is 5.97 Å². The number of aliphatic hydroxyl groups is 5. The molecule has 10 unspecified atom stereocenters. The number of nitrogens with one attached hydrogen (secondary N) is 1. The van der Waals surface area contributed by atoms with E-state index in [4.69, 9.17) is 9.47 Å². The Bertz CT molecular complexity index is 1120. The predicted molar refractivity (Wildman–Crippen MR) is 117 cm³/mol. The molecule has 0 amide bonds. The number of aromatic nitrogens is 1. The number of hydrogen-bond donors (Lipinski definition) is 6. The number of H-pyrrole nitrogens is 1. The quantitative estimate of drug-likeness (QED) is 0.275. The Balaban J connectivity index is 1.66. The van der Waals surface area contributed by atoms with Crippen LogP contribution in [0.5, 0.6) is 0 Å². The van der Waals surface area contributed by atoms with E-state index in [-0.39, 0.29) is 30.9 Å². The molecule has 9 nitrogen and oxygen atoms in total. The molecule has 0 radical (unpaired) electrons. The largest absolute Gasteiger partial charge is 0.454 e. The maximum absolute atomic E-state index is 13.1. The standard InChI is InChI=1S/C25H33NO8/c1-12(2)15-17(33-18(28)14-7-6-10-26-14)23(31)19(4)11-22(30)20(15,5)25(23,32)24(34-22)16(27)13(3)8-9-21(19,24)29/h6-7,10,12,15-17,26-27,29-32H,3,8-9,11H2,1-2,4-5H3. The Kier molecular flexibility index (Phi) is 3.87. The Hall–Kier alpha value is -1.75. The maximum atomic E-state index is 13.1. The summed E-state index contributed by atoms with van der Waals surface area (Å²) in [6.07, 6.45) is -1.17. The van der Waals surface area contributed by atoms with Crippen molar-refractivity contribution in [1.82, 2.24) is 4.98 Å². The molecular weight excluding hydrogens is 442 g/mol. The summed E-state index contributed by atoms with van der Waals surface area (Å²) < 4.78 is 12.2. The van der Waals surface area contributed by atoms with Gasteiger partial charge in [0.15, 0.2) is 11.4 Å². The first-order valence-corrected chi connectivity index (χ1v) is 11.9. The molecular formula is C25H33NO8. The normalized spacial score (nSPS) is 56.9. The Labute approximate surface area is 197 Å². The molecule has 1 aromatic heterocycles. The van der Waals surface area contributed by atoms with Crippen LogP contribution >= 0.6 is 0 Å². The SMILES string of the molecule is C=C1CCC2(O)C3(C)CC4(O)OC2(C1O)C1(O)C4(C)C(C(C)C)C(OC(=O)c2ccc[nH]2)C31O. The lowest BCUT2D eigenvalue weighted by Crippen LogP contribution is -2.73. The molecule has 7 rings (SSSR count). The third-order valence-electron chi connectivity index (χ3n) is 10.7. The van der Waals surface area contributed by atoms with Gasteiger partial charge in [-0.1, -0.05) is 34.3 Å². The van der Waals surface area contributed by atoms with Crippen molar-refractivity contribution in [2.24, 2.45) is 22.7 Å². The van der Waals surface area contributed by atoms with E-state index in [0.29, 0.717) is 5.57 Å². The molecule has 3 heterocycles. The van der Waals surface area contributed by atoms with Crippen LogP contribution in [0, 0.1) is 22.7 Å². The van der Waals surface area contributed by atoms with Crippen LogP contribution in [0.15, 0.2) is 30.5 Å². The van der Waals surface area contributed by atoms with Gasteiger partial charge < -0.3 is 40.0 Å². The number of carbonyl (C=O) groups is 1. The molecule has 6 aliphatic rings. The second-order valence-electron chi connectivity index (χ2n) is 11.9. The van der Waals surface area contributed by atoms with Gasteiger partial charge in [0.25, 0.3) is 0 Å². The van der Waals surface area contributed by atoms with E-state index in [1.807, 2.05) is 13.8 Å². The molecule has 6 fully saturated rings. The van der Waals surface area contributed by atoms with E-state index >= 15 is 0 Å². The van der Waals surface area contributed by atoms with Gasteiger partial charge in [-0.2, -0.15) is 0 Å². The molecule has 2 saturated heterocycles. The lowest BCUT2D eigenvalue weighted by Gasteiger charge is -2.60. The highest BCUT2D eigenvalue weighted by Crippen LogP contribution is 2.89. The summed E-state index contributed by atoms with van der Waals surface area (Å²) in [7, 11) is 0. The van der Waals surface area contributed by atoms with Gasteiger partial charge in [-0.05, 0) is 36.5 Å². The summed E-state index contributed by atoms with van der Waals surface area (Å²) >= 11 is 0. The van der Waals surface area contributed by atoms with E-state index in [9.17, 15) is 30.3 Å². The van der Waals surface area contributed by atoms with Crippen LogP contribution in [0.3, 0.4) is 0 Å². The second-order valence-corrected chi connectivity index (χ2v) is 11.9. The summed E-state index contributed by atoms with van der Waals surface area (Å²) in [5, 5.41) is 61.2. The van der Waals surface area contributed by atoms with Crippen molar-refractivity contribution in [3.63, 3.8) is 0 Å². The second kappa shape index (κ2) is 5.79. The van der Waals surface area contributed by atoms with Gasteiger partial charge in [-0.15, -0.1) is 0 Å². The van der Waals surface area contributed by atoms with Crippen LogP contribution in [0.2, 0.25) is 0 Å². The molecule has 186 valence electrons. The average molecular weight is 476 g/mol. The highest BCUT2D eigenvalue weighted by atomic mass is 16.7. The van der Waals surface area contributed by atoms with Crippen molar-refractivity contribution in [3.8, 4) is 0 Å². The van der Waals surface area contributed by atoms with Crippen molar-refractivity contribution in [1.29, 1.82) is 0 Å². The minimum Gasteiger partial charge on any atom is -0.454 e. The third kappa shape index (κ3) is 1.68. The Morgan fingerprint density at radius 3 is 2.53 bits per heavy atom. The van der Waals surface area contributed by atoms with Crippen molar-refractivity contribution in [2.45, 2.75) is 87.4 Å². The molecule has 9 heteroatoms. The molecule has 4 saturated carbocycles. The number of rotatable bonds is 3. The molecule has 4 aliphatic carbocycles. The van der Waals surface area contributed by atoms with Gasteiger partial charge in [0, 0.05) is 24.0 Å². The van der Waals surface area contributed by atoms with Crippen LogP contribution in [0.25, 0.3) is 0 Å². The fraction of sp³-hybridized carbons (Fsp3) is 0.720. The van der Waals surface area contributed by atoms with E-state index in [1.54, 1.807) is 32.2 Å². The monoisotopic (exact) mass is 475 g/mol. The van der Waals surface area contributed by atoms with Gasteiger partial charge in [-0.25, -0.2) is 4.79 Å². The summed E-state index contributed by atoms with van der Waals surface area (Å²) in [5.41, 5.74) is -11.3. The summed E-state index contributed by atoms with van der Waals surface area (Å²) in [6.45, 7) is 10.8. The Morgan fingerprint density at radius 2 is 1.94 bits per heavy atom. The maximum Gasteiger partial charge on any atom is 0.355 e. The van der Waals surface area contributed by atoms with E-state index < -0.39 is 63.1 Å². The van der Waals surface area contributed by atoms with Crippen LogP contribution in [-0.2, 0) is 9.47 Å². The molecule has 10 atom stereocenters. The summed E-state index contributed by atoms with van der Waals surface area (Å²) in [5.74, 6) is -3.78. The first-order valence-electron chi connectivity index (χ1n) is 11.9. The van der Waals surface area contributed by atoms with Crippen molar-refractivity contribution < 1.29 is 39.8 Å². The number of aliphatic hydroxyl groups excluding tert-OH is 1. The fourth-order valence-corrected chi connectivity index (χ4v) is 9.38. The summed E-state index contributed by atoms with van der Waals surface area (Å²) in [4.78, 5) is 15.9. The van der Waals surface area contributed by atoms with Crippen molar-refractivity contribution in [2.75, 3.05) is 0 Å². The minimum absolute atomic E-state index is 0.0554. The van der Waals surface area contributed by atoms with Gasteiger partial charge in [0.05, 0.1) is 5.41 Å². The van der Waals surface area contributed by atoms with Crippen LogP contribution in [-0.4, -0.2) is 76.9 Å². The lowest BCUT2D eigenvalue weighted by molar-refractivity contribution is -0.378. The van der Waals surface area contributed by atoms with Gasteiger partial charge in [-0.3, -0.25) is 0 Å². The lowest BCUT2D eigenvalue weighted by atomic mass is 9.53. The smallest absolute Gasteiger partial charge is 0.355 e. The van der Waals surface area contributed by atoms with Crippen LogP contribution < -0.4 is 0 Å². The molecule has 6 N–H and O–H groups in total. The van der Waals surface area contributed by atoms with E-state index in [0.717, 1.165) is 0 Å². The fourth-order valence-electron chi connectivity index (χ4n) is 9.38. The highest BCUT2D eigenvalue weighted by Gasteiger charge is 3.07. The predicted octanol–water partition coefficient (Wildman–Crippen LogP) is 0.618. The molecule has 1 aromatic rings. The number of ether oxygens (including phenoxy) is 2.